The maximum absolute atomic E-state index is 14.1. The van der Waals surface area contributed by atoms with Gasteiger partial charge < -0.3 is 60.9 Å². The average Bonchev–Trinajstić information content (AvgIpc) is 3.84. The monoisotopic (exact) mass is 1050 g/mol. The molecule has 3 aromatic rings. The summed E-state index contributed by atoms with van der Waals surface area (Å²) < 4.78 is 42.2. The molecule has 4 atom stereocenters. The molecule has 0 bridgehead atoms. The van der Waals surface area contributed by atoms with Crippen LogP contribution in [0.5, 0.6) is 0 Å². The van der Waals surface area contributed by atoms with Crippen LogP contribution in [-0.2, 0) is 42.9 Å². The fraction of sp³-hybridized carbons (Fsp3) is 0.408. The molecule has 390 valence electrons. The SMILES string of the molecule is C[C@@H]1CN(C(=O)c2ccc(NC(=O)/C(N)=C/C3=C(N)N[C@H](c4c(Cl)ccc(F)c4Cl)O3)cc2)C[C@H](C)N1C(=O)CCOCCOCCOCCOCCNc1cccc2c1C(=O)N(C1CCC(=O)NC1=O)C2=O. The molecule has 21 nitrogen and oxygen atoms in total. The van der Waals surface area contributed by atoms with Crippen LogP contribution < -0.4 is 32.7 Å². The van der Waals surface area contributed by atoms with Gasteiger partial charge in [0, 0.05) is 61.2 Å². The first-order chi connectivity index (χ1) is 35.0. The quantitative estimate of drug-likeness (QED) is 0.0364. The molecule has 2 fully saturated rings. The van der Waals surface area contributed by atoms with Gasteiger partial charge in [-0.15, -0.1) is 0 Å². The van der Waals surface area contributed by atoms with Gasteiger partial charge in [0.1, 0.15) is 23.4 Å². The predicted octanol–water partition coefficient (Wildman–Crippen LogP) is 3.39. The minimum atomic E-state index is -1.04. The number of carbonyl (C=O) groups excluding carboxylic acids is 7. The van der Waals surface area contributed by atoms with E-state index in [-0.39, 0.29) is 100 Å². The van der Waals surface area contributed by atoms with E-state index >= 15 is 0 Å². The van der Waals surface area contributed by atoms with Gasteiger partial charge in [-0.05, 0) is 68.8 Å². The van der Waals surface area contributed by atoms with E-state index in [1.54, 1.807) is 46.2 Å². The van der Waals surface area contributed by atoms with Gasteiger partial charge >= 0.3 is 0 Å². The highest BCUT2D eigenvalue weighted by molar-refractivity contribution is 6.36. The molecule has 8 N–H and O–H groups in total. The van der Waals surface area contributed by atoms with Gasteiger partial charge in [-0.1, -0.05) is 29.3 Å². The van der Waals surface area contributed by atoms with Gasteiger partial charge in [0.15, 0.2) is 5.76 Å². The molecule has 0 spiro atoms. The summed E-state index contributed by atoms with van der Waals surface area (Å²) in [4.78, 5) is 94.3. The van der Waals surface area contributed by atoms with E-state index in [0.29, 0.717) is 76.2 Å². The lowest BCUT2D eigenvalue weighted by atomic mass is 10.0. The van der Waals surface area contributed by atoms with Crippen molar-refractivity contribution in [3.8, 4) is 0 Å². The number of imide groups is 2. The zero-order valence-corrected chi connectivity index (χ0v) is 41.5. The summed E-state index contributed by atoms with van der Waals surface area (Å²) in [5.41, 5.74) is 13.5. The summed E-state index contributed by atoms with van der Waals surface area (Å²) in [5, 5.41) is 10.7. The molecule has 1 unspecified atom stereocenters. The molecule has 24 heteroatoms. The number of hydrogen-bond acceptors (Lipinski definition) is 16. The summed E-state index contributed by atoms with van der Waals surface area (Å²) >= 11 is 12.3. The van der Waals surface area contributed by atoms with Crippen molar-refractivity contribution in [1.29, 1.82) is 0 Å². The summed E-state index contributed by atoms with van der Waals surface area (Å²) in [6, 6.07) is 12.0. The Morgan fingerprint density at radius 3 is 2.16 bits per heavy atom. The number of carbonyl (C=O) groups is 7. The van der Waals surface area contributed by atoms with Crippen molar-refractivity contribution >= 4 is 75.9 Å². The first-order valence-corrected chi connectivity index (χ1v) is 24.2. The fourth-order valence-corrected chi connectivity index (χ4v) is 9.27. The number of piperidine rings is 1. The summed E-state index contributed by atoms with van der Waals surface area (Å²) in [6.45, 7) is 7.15. The number of benzene rings is 3. The topological polar surface area (TPSA) is 276 Å². The smallest absolute Gasteiger partial charge is 0.271 e. The van der Waals surface area contributed by atoms with Crippen molar-refractivity contribution in [1.82, 2.24) is 25.3 Å². The van der Waals surface area contributed by atoms with E-state index in [1.807, 2.05) is 13.8 Å². The lowest BCUT2D eigenvalue weighted by Gasteiger charge is -2.44. The molecule has 7 rings (SSSR count). The molecule has 73 heavy (non-hydrogen) atoms. The maximum Gasteiger partial charge on any atom is 0.271 e. The molecule has 0 radical (unpaired) electrons. The third-order valence-corrected chi connectivity index (χ3v) is 12.9. The molecular formula is C49H56Cl2FN9O12. The zero-order chi connectivity index (χ0) is 52.3. The first-order valence-electron chi connectivity index (χ1n) is 23.5. The number of anilines is 2. The first kappa shape index (κ1) is 54.0. The van der Waals surface area contributed by atoms with Gasteiger partial charge in [-0.2, -0.15) is 0 Å². The van der Waals surface area contributed by atoms with Gasteiger partial charge in [0.05, 0.1) is 86.0 Å². The van der Waals surface area contributed by atoms with Crippen molar-refractivity contribution < 1.29 is 61.6 Å². The Kier molecular flexibility index (Phi) is 18.3. The Balaban J connectivity index is 0.719. The second-order valence-electron chi connectivity index (χ2n) is 17.3. The van der Waals surface area contributed by atoms with Gasteiger partial charge in [-0.25, -0.2) is 4.39 Å². The van der Waals surface area contributed by atoms with Crippen molar-refractivity contribution in [3.05, 3.63) is 116 Å². The Bertz CT molecular complexity index is 2660. The summed E-state index contributed by atoms with van der Waals surface area (Å²) in [5.74, 6) is -3.93. The Morgan fingerprint density at radius 2 is 1.51 bits per heavy atom. The third kappa shape index (κ3) is 13.1. The van der Waals surface area contributed by atoms with Crippen LogP contribution in [0.4, 0.5) is 15.8 Å². The second kappa shape index (κ2) is 24.7. The van der Waals surface area contributed by atoms with Crippen LogP contribution >= 0.6 is 23.2 Å². The van der Waals surface area contributed by atoms with Crippen LogP contribution in [0.1, 0.15) is 76.0 Å². The van der Waals surface area contributed by atoms with Crippen molar-refractivity contribution in [2.45, 2.75) is 57.5 Å². The molecule has 4 heterocycles. The Hall–Kier alpha value is -6.82. The Morgan fingerprint density at radius 1 is 0.863 bits per heavy atom. The summed E-state index contributed by atoms with van der Waals surface area (Å²) in [7, 11) is 0. The lowest BCUT2D eigenvalue weighted by molar-refractivity contribution is -0.140. The van der Waals surface area contributed by atoms with Crippen molar-refractivity contribution in [2.24, 2.45) is 11.5 Å². The number of piperazine rings is 1. The number of amides is 7. The van der Waals surface area contributed by atoms with Crippen LogP contribution in [0, 0.1) is 5.82 Å². The van der Waals surface area contributed by atoms with E-state index in [4.69, 9.17) is 58.4 Å². The number of nitrogens with two attached hydrogens (primary N) is 2. The minimum absolute atomic E-state index is 0.0156. The highest BCUT2D eigenvalue weighted by Gasteiger charge is 2.45. The number of halogens is 3. The molecule has 7 amide bonds. The van der Waals surface area contributed by atoms with Gasteiger partial charge in [-0.3, -0.25) is 43.8 Å². The van der Waals surface area contributed by atoms with Gasteiger partial charge in [0.25, 0.3) is 23.6 Å². The van der Waals surface area contributed by atoms with Crippen LogP contribution in [0.2, 0.25) is 10.0 Å². The van der Waals surface area contributed by atoms with Crippen molar-refractivity contribution in [3.63, 3.8) is 0 Å². The van der Waals surface area contributed by atoms with Gasteiger partial charge in [0.2, 0.25) is 23.9 Å². The van der Waals surface area contributed by atoms with Crippen LogP contribution in [0.3, 0.4) is 0 Å². The minimum Gasteiger partial charge on any atom is -0.462 e. The van der Waals surface area contributed by atoms with E-state index < -0.39 is 47.6 Å². The van der Waals surface area contributed by atoms with Crippen molar-refractivity contribution in [2.75, 3.05) is 83.1 Å². The van der Waals surface area contributed by atoms with E-state index in [0.717, 1.165) is 11.0 Å². The highest BCUT2D eigenvalue weighted by atomic mass is 35.5. The highest BCUT2D eigenvalue weighted by Crippen LogP contribution is 2.37. The van der Waals surface area contributed by atoms with Crippen LogP contribution in [0.15, 0.2) is 78.0 Å². The number of ether oxygens (including phenoxy) is 5. The molecule has 4 aliphatic rings. The molecule has 0 saturated carbocycles. The van der Waals surface area contributed by atoms with E-state index in [2.05, 4.69) is 21.3 Å². The van der Waals surface area contributed by atoms with Crippen LogP contribution in [-0.4, -0.2) is 147 Å². The number of nitrogens with one attached hydrogen (secondary N) is 4. The predicted molar refractivity (Wildman–Crippen MR) is 263 cm³/mol. The molecule has 0 aliphatic carbocycles. The second-order valence-corrected chi connectivity index (χ2v) is 18.1. The fourth-order valence-electron chi connectivity index (χ4n) is 8.70. The number of allylic oxidation sites excluding steroid dienone is 1. The van der Waals surface area contributed by atoms with Crippen LogP contribution in [0.25, 0.3) is 0 Å². The molecular weight excluding hydrogens is 996 g/mol. The number of nitrogens with zero attached hydrogens (tertiary/aromatic N) is 3. The summed E-state index contributed by atoms with van der Waals surface area (Å²) in [6.07, 6.45) is 0.462. The largest absolute Gasteiger partial charge is 0.462 e. The normalized spacial score (nSPS) is 20.0. The number of rotatable bonds is 22. The molecule has 0 aromatic heterocycles. The lowest BCUT2D eigenvalue weighted by Crippen LogP contribution is -2.59. The molecule has 2 saturated heterocycles. The maximum atomic E-state index is 14.1. The number of fused-ring (bicyclic) bond motifs is 1. The third-order valence-electron chi connectivity index (χ3n) is 12.2. The zero-order valence-electron chi connectivity index (χ0n) is 40.0. The molecule has 4 aliphatic heterocycles. The molecule has 3 aromatic carbocycles. The number of hydrogen-bond donors (Lipinski definition) is 6. The Labute approximate surface area is 429 Å². The van der Waals surface area contributed by atoms with E-state index in [9.17, 15) is 38.0 Å². The van der Waals surface area contributed by atoms with E-state index in [1.165, 1.54) is 18.2 Å². The average molecular weight is 1050 g/mol. The standard InChI is InChI=1S/C49H56Cl2FN9O12/c1-27-25-59(47(66)29-6-8-30(9-7-29)56-44(64)34(53)24-37-43(54)58-46(73-37)41-32(50)10-11-33(52)42(41)51)26-28(2)60(27)39(63)14-16-69-18-20-71-22-23-72-21-19-70-17-15-55-35-5-3-4-31-40(35)49(68)61(48(31)67)36-12-13-38(62)57-45(36)65/h3-11,24,27-28,36,46,55,58H,12-23,25-26,53-54H2,1-2H3,(H,56,64)(H,57,62,65)/b34-24-/t27-,28+,36?,46-/m0/s1.